The molecule has 15 heavy (non-hydrogen) atoms. The second kappa shape index (κ2) is 5.03. The van der Waals surface area contributed by atoms with Gasteiger partial charge < -0.3 is 5.32 Å². The highest BCUT2D eigenvalue weighted by molar-refractivity contribution is 9.10. The molecule has 1 heterocycles. The van der Waals surface area contributed by atoms with Crippen LogP contribution >= 0.6 is 27.7 Å². The summed E-state index contributed by atoms with van der Waals surface area (Å²) in [6.07, 6.45) is 0. The molecule has 0 amide bonds. The summed E-state index contributed by atoms with van der Waals surface area (Å²) < 4.78 is 1.12. The van der Waals surface area contributed by atoms with E-state index in [0.717, 1.165) is 22.7 Å². The SMILES string of the molecule is CC1CN=C(NCc2cccc(Br)c2)S1. The number of thioether (sulfide) groups is 1. The zero-order valence-electron chi connectivity index (χ0n) is 8.53. The van der Waals surface area contributed by atoms with Crippen molar-refractivity contribution in [3.05, 3.63) is 34.3 Å². The largest absolute Gasteiger partial charge is 0.361 e. The number of aliphatic imine (C=N–C) groups is 1. The highest BCUT2D eigenvalue weighted by atomic mass is 79.9. The van der Waals surface area contributed by atoms with Crippen molar-refractivity contribution in [3.8, 4) is 0 Å². The van der Waals surface area contributed by atoms with Gasteiger partial charge in [0.2, 0.25) is 0 Å². The van der Waals surface area contributed by atoms with Crippen molar-refractivity contribution in [2.75, 3.05) is 6.54 Å². The fourth-order valence-corrected chi connectivity index (χ4v) is 2.68. The zero-order valence-corrected chi connectivity index (χ0v) is 10.9. The first-order chi connectivity index (χ1) is 7.24. The fraction of sp³-hybridized carbons (Fsp3) is 0.364. The van der Waals surface area contributed by atoms with Gasteiger partial charge in [0.05, 0.1) is 6.54 Å². The number of rotatable bonds is 2. The number of hydrogen-bond acceptors (Lipinski definition) is 3. The zero-order chi connectivity index (χ0) is 10.7. The minimum Gasteiger partial charge on any atom is -0.361 e. The van der Waals surface area contributed by atoms with Crippen molar-refractivity contribution in [2.45, 2.75) is 18.7 Å². The Morgan fingerprint density at radius 2 is 2.47 bits per heavy atom. The Bertz CT molecular complexity index is 379. The highest BCUT2D eigenvalue weighted by Gasteiger charge is 2.13. The first kappa shape index (κ1) is 11.0. The molecule has 0 saturated carbocycles. The first-order valence-electron chi connectivity index (χ1n) is 4.93. The van der Waals surface area contributed by atoms with Crippen LogP contribution in [0.4, 0.5) is 0 Å². The van der Waals surface area contributed by atoms with E-state index < -0.39 is 0 Å². The maximum absolute atomic E-state index is 4.41. The summed E-state index contributed by atoms with van der Waals surface area (Å²) in [4.78, 5) is 4.41. The molecule has 0 spiro atoms. The van der Waals surface area contributed by atoms with Crippen molar-refractivity contribution in [2.24, 2.45) is 4.99 Å². The molecular weight excluding hydrogens is 272 g/mol. The van der Waals surface area contributed by atoms with E-state index in [1.807, 2.05) is 23.9 Å². The molecule has 0 radical (unpaired) electrons. The van der Waals surface area contributed by atoms with Gasteiger partial charge in [-0.2, -0.15) is 0 Å². The van der Waals surface area contributed by atoms with Crippen molar-refractivity contribution in [1.82, 2.24) is 5.32 Å². The molecule has 2 rings (SSSR count). The van der Waals surface area contributed by atoms with Gasteiger partial charge in [0.15, 0.2) is 5.17 Å². The number of amidine groups is 1. The minimum absolute atomic E-state index is 0.620. The molecule has 1 aliphatic rings. The number of hydrogen-bond donors (Lipinski definition) is 1. The molecule has 1 unspecified atom stereocenters. The van der Waals surface area contributed by atoms with Gasteiger partial charge in [-0.15, -0.1) is 0 Å². The third kappa shape index (κ3) is 3.24. The highest BCUT2D eigenvalue weighted by Crippen LogP contribution is 2.19. The smallest absolute Gasteiger partial charge is 0.157 e. The molecule has 0 bridgehead atoms. The molecule has 1 atom stereocenters. The van der Waals surface area contributed by atoms with Crippen LogP contribution in [-0.4, -0.2) is 17.0 Å². The van der Waals surface area contributed by atoms with E-state index in [-0.39, 0.29) is 0 Å². The Hall–Kier alpha value is -0.480. The van der Waals surface area contributed by atoms with Gasteiger partial charge in [0, 0.05) is 16.3 Å². The van der Waals surface area contributed by atoms with Crippen LogP contribution in [0.3, 0.4) is 0 Å². The third-order valence-electron chi connectivity index (χ3n) is 2.14. The van der Waals surface area contributed by atoms with Gasteiger partial charge in [0.1, 0.15) is 0 Å². The summed E-state index contributed by atoms with van der Waals surface area (Å²) >= 11 is 5.28. The second-order valence-electron chi connectivity index (χ2n) is 3.56. The normalized spacial score (nSPS) is 20.1. The Morgan fingerprint density at radius 1 is 1.60 bits per heavy atom. The Labute approximate surface area is 103 Å². The maximum atomic E-state index is 4.41. The summed E-state index contributed by atoms with van der Waals surface area (Å²) in [6.45, 7) is 3.98. The van der Waals surface area contributed by atoms with Crippen LogP contribution in [0, 0.1) is 0 Å². The van der Waals surface area contributed by atoms with Crippen LogP contribution in [0.1, 0.15) is 12.5 Å². The van der Waals surface area contributed by atoms with E-state index in [1.165, 1.54) is 5.56 Å². The lowest BCUT2D eigenvalue weighted by Crippen LogP contribution is -2.18. The lowest BCUT2D eigenvalue weighted by molar-refractivity contribution is 0.913. The van der Waals surface area contributed by atoms with E-state index in [1.54, 1.807) is 0 Å². The van der Waals surface area contributed by atoms with E-state index in [9.17, 15) is 0 Å². The molecule has 4 heteroatoms. The predicted octanol–water partition coefficient (Wildman–Crippen LogP) is 3.03. The van der Waals surface area contributed by atoms with Crippen molar-refractivity contribution in [3.63, 3.8) is 0 Å². The second-order valence-corrected chi connectivity index (χ2v) is 5.90. The Kier molecular flexibility index (Phi) is 3.70. The molecule has 0 saturated heterocycles. The number of nitrogens with one attached hydrogen (secondary N) is 1. The summed E-state index contributed by atoms with van der Waals surface area (Å²) in [5.74, 6) is 0. The fourth-order valence-electron chi connectivity index (χ4n) is 1.40. The molecule has 1 aromatic carbocycles. The third-order valence-corrected chi connectivity index (χ3v) is 3.68. The summed E-state index contributed by atoms with van der Waals surface area (Å²) in [6, 6.07) is 8.32. The maximum Gasteiger partial charge on any atom is 0.157 e. The first-order valence-corrected chi connectivity index (χ1v) is 6.61. The molecule has 1 N–H and O–H groups in total. The van der Waals surface area contributed by atoms with Gasteiger partial charge in [-0.25, -0.2) is 0 Å². The number of nitrogens with zero attached hydrogens (tertiary/aromatic N) is 1. The molecule has 0 aliphatic carbocycles. The van der Waals surface area contributed by atoms with E-state index in [0.29, 0.717) is 5.25 Å². The predicted molar refractivity (Wildman–Crippen MR) is 70.3 cm³/mol. The van der Waals surface area contributed by atoms with Gasteiger partial charge in [-0.05, 0) is 17.7 Å². The van der Waals surface area contributed by atoms with Gasteiger partial charge >= 0.3 is 0 Å². The van der Waals surface area contributed by atoms with Crippen LogP contribution < -0.4 is 5.32 Å². The lowest BCUT2D eigenvalue weighted by atomic mass is 10.2. The van der Waals surface area contributed by atoms with Crippen LogP contribution in [0.15, 0.2) is 33.7 Å². The molecule has 0 aromatic heterocycles. The van der Waals surface area contributed by atoms with Crippen molar-refractivity contribution < 1.29 is 0 Å². The molecule has 1 aromatic rings. The quantitative estimate of drug-likeness (QED) is 0.903. The Morgan fingerprint density at radius 3 is 3.13 bits per heavy atom. The number of halogens is 1. The Balaban J connectivity index is 1.88. The average molecular weight is 285 g/mol. The molecular formula is C11H13BrN2S. The molecule has 1 aliphatic heterocycles. The number of benzene rings is 1. The van der Waals surface area contributed by atoms with E-state index >= 15 is 0 Å². The van der Waals surface area contributed by atoms with Gasteiger partial charge in [0.25, 0.3) is 0 Å². The van der Waals surface area contributed by atoms with Crippen LogP contribution in [0.2, 0.25) is 0 Å². The van der Waals surface area contributed by atoms with Crippen molar-refractivity contribution in [1.29, 1.82) is 0 Å². The summed E-state index contributed by atoms with van der Waals surface area (Å²) in [7, 11) is 0. The van der Waals surface area contributed by atoms with E-state index in [2.05, 4.69) is 45.3 Å². The van der Waals surface area contributed by atoms with Crippen molar-refractivity contribution >= 4 is 32.9 Å². The van der Waals surface area contributed by atoms with Crippen LogP contribution in [0.5, 0.6) is 0 Å². The average Bonchev–Trinajstić information content (AvgIpc) is 2.62. The van der Waals surface area contributed by atoms with Crippen LogP contribution in [0.25, 0.3) is 0 Å². The summed E-state index contributed by atoms with van der Waals surface area (Å²) in [5, 5.41) is 5.04. The van der Waals surface area contributed by atoms with Gasteiger partial charge in [-0.3, -0.25) is 4.99 Å². The monoisotopic (exact) mass is 284 g/mol. The minimum atomic E-state index is 0.620. The van der Waals surface area contributed by atoms with E-state index in [4.69, 9.17) is 0 Å². The molecule has 80 valence electrons. The molecule has 2 nitrogen and oxygen atoms in total. The van der Waals surface area contributed by atoms with Gasteiger partial charge in [-0.1, -0.05) is 46.7 Å². The molecule has 0 fully saturated rings. The standard InChI is InChI=1S/C11H13BrN2S/c1-8-6-13-11(15-8)14-7-9-3-2-4-10(12)5-9/h2-5,8H,6-7H2,1H3,(H,13,14). The topological polar surface area (TPSA) is 24.4 Å². The van der Waals surface area contributed by atoms with Crippen LogP contribution in [-0.2, 0) is 6.54 Å². The lowest BCUT2D eigenvalue weighted by Gasteiger charge is -2.06. The summed E-state index contributed by atoms with van der Waals surface area (Å²) in [5.41, 5.74) is 1.27.